The first-order chi connectivity index (χ1) is 14.1. The van der Waals surface area contributed by atoms with Gasteiger partial charge in [-0.2, -0.15) is 0 Å². The molecule has 0 aromatic heterocycles. The zero-order valence-corrected chi connectivity index (χ0v) is 17.3. The van der Waals surface area contributed by atoms with E-state index in [4.69, 9.17) is 9.47 Å². The van der Waals surface area contributed by atoms with Crippen molar-refractivity contribution in [1.82, 2.24) is 0 Å². The second-order valence-corrected chi connectivity index (χ2v) is 7.58. The fraction of sp³-hybridized carbons (Fsp3) is 0.0435. The minimum Gasteiger partial charge on any atom is -0.489 e. The van der Waals surface area contributed by atoms with Gasteiger partial charge in [0.05, 0.1) is 0 Å². The number of nitrogens with zero attached hydrogens (tertiary/aromatic N) is 1. The van der Waals surface area contributed by atoms with Crippen molar-refractivity contribution in [2.24, 2.45) is 4.99 Å². The van der Waals surface area contributed by atoms with Crippen molar-refractivity contribution >= 4 is 40.5 Å². The van der Waals surface area contributed by atoms with Crippen LogP contribution in [0.2, 0.25) is 0 Å². The summed E-state index contributed by atoms with van der Waals surface area (Å²) in [7, 11) is 0. The minimum atomic E-state index is -0.496. The quantitative estimate of drug-likeness (QED) is 0.270. The highest BCUT2D eigenvalue weighted by Gasteiger charge is 2.24. The maximum atomic E-state index is 13.3. The molecule has 3 aromatic rings. The summed E-state index contributed by atoms with van der Waals surface area (Å²) in [5, 5.41) is 0. The number of hydrogen-bond donors (Lipinski definition) is 0. The van der Waals surface area contributed by atoms with Gasteiger partial charge >= 0.3 is 5.97 Å². The topological polar surface area (TPSA) is 47.9 Å². The summed E-state index contributed by atoms with van der Waals surface area (Å²) in [4.78, 5) is 16.5. The van der Waals surface area contributed by atoms with Crippen LogP contribution in [0.1, 0.15) is 16.7 Å². The Bertz CT molecular complexity index is 1120. The summed E-state index contributed by atoms with van der Waals surface area (Å²) in [6, 6.07) is 21.1. The van der Waals surface area contributed by atoms with Gasteiger partial charge in [-0.15, -0.1) is 0 Å². The summed E-state index contributed by atoms with van der Waals surface area (Å²) >= 11 is 2.21. The van der Waals surface area contributed by atoms with E-state index < -0.39 is 5.97 Å². The van der Waals surface area contributed by atoms with Gasteiger partial charge in [0, 0.05) is 9.13 Å². The number of cyclic esters (lactones) is 1. The average molecular weight is 499 g/mol. The van der Waals surface area contributed by atoms with Gasteiger partial charge in [-0.1, -0.05) is 24.3 Å². The van der Waals surface area contributed by atoms with Crippen LogP contribution in [-0.4, -0.2) is 11.9 Å². The molecular formula is C23H15FINO3. The third-order valence-corrected chi connectivity index (χ3v) is 4.89. The minimum absolute atomic E-state index is 0.223. The van der Waals surface area contributed by atoms with Gasteiger partial charge in [-0.25, -0.2) is 14.2 Å². The summed E-state index contributed by atoms with van der Waals surface area (Å²) in [6.07, 6.45) is 1.65. The van der Waals surface area contributed by atoms with E-state index >= 15 is 0 Å². The van der Waals surface area contributed by atoms with Gasteiger partial charge in [-0.3, -0.25) is 0 Å². The SMILES string of the molecule is O=C1OC(c2ccc(I)cc2)=N/C1=C\c1cccc(OCc2cccc(F)c2)c1. The van der Waals surface area contributed by atoms with Crippen LogP contribution in [0.15, 0.2) is 83.5 Å². The van der Waals surface area contributed by atoms with E-state index in [0.717, 1.165) is 20.3 Å². The van der Waals surface area contributed by atoms with Gasteiger partial charge in [0.2, 0.25) is 5.90 Å². The van der Waals surface area contributed by atoms with Gasteiger partial charge in [0.25, 0.3) is 0 Å². The molecule has 1 heterocycles. The zero-order chi connectivity index (χ0) is 20.2. The fourth-order valence-electron chi connectivity index (χ4n) is 2.77. The van der Waals surface area contributed by atoms with E-state index in [1.54, 1.807) is 30.3 Å². The third-order valence-electron chi connectivity index (χ3n) is 4.17. The van der Waals surface area contributed by atoms with Crippen molar-refractivity contribution in [2.45, 2.75) is 6.61 Å². The molecule has 0 unspecified atom stereocenters. The summed E-state index contributed by atoms with van der Waals surface area (Å²) in [5.41, 5.74) is 2.45. The number of aliphatic imine (C=N–C) groups is 1. The van der Waals surface area contributed by atoms with Crippen LogP contribution in [0.5, 0.6) is 5.75 Å². The summed E-state index contributed by atoms with van der Waals surface area (Å²) in [6.45, 7) is 0.245. The maximum Gasteiger partial charge on any atom is 0.363 e. The summed E-state index contributed by atoms with van der Waals surface area (Å²) < 4.78 is 25.4. The van der Waals surface area contributed by atoms with Crippen LogP contribution in [0.25, 0.3) is 6.08 Å². The molecule has 0 saturated heterocycles. The maximum absolute atomic E-state index is 13.3. The predicted molar refractivity (Wildman–Crippen MR) is 117 cm³/mol. The van der Waals surface area contributed by atoms with Crippen molar-refractivity contribution < 1.29 is 18.7 Å². The molecule has 0 spiro atoms. The molecule has 0 fully saturated rings. The van der Waals surface area contributed by atoms with Crippen LogP contribution >= 0.6 is 22.6 Å². The van der Waals surface area contributed by atoms with Gasteiger partial charge in [-0.05, 0) is 88.3 Å². The highest BCUT2D eigenvalue weighted by molar-refractivity contribution is 14.1. The molecule has 0 amide bonds. The fourth-order valence-corrected chi connectivity index (χ4v) is 3.13. The number of hydrogen-bond acceptors (Lipinski definition) is 4. The van der Waals surface area contributed by atoms with Crippen molar-refractivity contribution in [3.8, 4) is 5.75 Å². The van der Waals surface area contributed by atoms with Crippen LogP contribution in [0, 0.1) is 9.39 Å². The summed E-state index contributed by atoms with van der Waals surface area (Å²) in [5.74, 6) is 0.101. The molecule has 6 heteroatoms. The molecule has 1 aliphatic heterocycles. The van der Waals surface area contributed by atoms with Crippen LogP contribution in [0.4, 0.5) is 4.39 Å². The van der Waals surface area contributed by atoms with Crippen LogP contribution in [-0.2, 0) is 16.1 Å². The van der Waals surface area contributed by atoms with Crippen molar-refractivity contribution in [3.05, 3.63) is 105 Å². The Morgan fingerprint density at radius 1 is 1.03 bits per heavy atom. The molecule has 144 valence electrons. The molecule has 0 atom stereocenters. The Morgan fingerprint density at radius 3 is 2.62 bits per heavy atom. The normalized spacial score (nSPS) is 14.6. The lowest BCUT2D eigenvalue weighted by Gasteiger charge is -2.07. The second kappa shape index (κ2) is 8.57. The number of benzene rings is 3. The largest absolute Gasteiger partial charge is 0.489 e. The van der Waals surface area contributed by atoms with E-state index in [1.807, 2.05) is 36.4 Å². The average Bonchev–Trinajstić information content (AvgIpc) is 3.08. The van der Waals surface area contributed by atoms with Crippen molar-refractivity contribution in [3.63, 3.8) is 0 Å². The molecule has 0 radical (unpaired) electrons. The molecule has 4 nitrogen and oxygen atoms in total. The lowest BCUT2D eigenvalue weighted by molar-refractivity contribution is -0.129. The second-order valence-electron chi connectivity index (χ2n) is 6.33. The van der Waals surface area contributed by atoms with E-state index in [-0.39, 0.29) is 24.0 Å². The standard InChI is InChI=1S/C23H15FINO3/c24-18-5-1-4-16(11-18)14-28-20-6-2-3-15(12-20)13-21-23(27)29-22(26-21)17-7-9-19(25)10-8-17/h1-13H,14H2/b21-13-. The first-order valence-electron chi connectivity index (χ1n) is 8.83. The Balaban J connectivity index is 1.51. The Morgan fingerprint density at radius 2 is 1.83 bits per heavy atom. The number of halogens is 2. The number of esters is 1. The monoisotopic (exact) mass is 499 g/mol. The Labute approximate surface area is 180 Å². The highest BCUT2D eigenvalue weighted by Crippen LogP contribution is 2.22. The first kappa shape index (κ1) is 19.3. The molecule has 0 N–H and O–H groups in total. The van der Waals surface area contributed by atoms with Crippen molar-refractivity contribution in [1.29, 1.82) is 0 Å². The highest BCUT2D eigenvalue weighted by atomic mass is 127. The lowest BCUT2D eigenvalue weighted by atomic mass is 10.2. The van der Waals surface area contributed by atoms with Crippen LogP contribution in [0.3, 0.4) is 0 Å². The molecule has 0 aliphatic carbocycles. The van der Waals surface area contributed by atoms with E-state index in [0.29, 0.717) is 5.75 Å². The Kier molecular flexibility index (Phi) is 5.71. The van der Waals surface area contributed by atoms with Gasteiger partial charge < -0.3 is 9.47 Å². The number of rotatable bonds is 5. The zero-order valence-electron chi connectivity index (χ0n) is 15.1. The van der Waals surface area contributed by atoms with Gasteiger partial charge in [0.15, 0.2) is 5.70 Å². The van der Waals surface area contributed by atoms with Gasteiger partial charge in [0.1, 0.15) is 18.2 Å². The molecule has 0 saturated carbocycles. The smallest absolute Gasteiger partial charge is 0.363 e. The molecule has 3 aromatic carbocycles. The third kappa shape index (κ3) is 4.89. The number of carbonyl (C=O) groups excluding carboxylic acids is 1. The number of ether oxygens (including phenoxy) is 2. The van der Waals surface area contributed by atoms with E-state index in [1.165, 1.54) is 12.1 Å². The molecule has 1 aliphatic rings. The predicted octanol–water partition coefficient (Wildman–Crippen LogP) is 5.35. The van der Waals surface area contributed by atoms with Crippen LogP contribution < -0.4 is 4.74 Å². The molecule has 29 heavy (non-hydrogen) atoms. The Hall–Kier alpha value is -3.00. The van der Waals surface area contributed by atoms with Crippen molar-refractivity contribution in [2.75, 3.05) is 0 Å². The molecule has 4 rings (SSSR count). The number of carbonyl (C=O) groups is 1. The van der Waals surface area contributed by atoms with E-state index in [9.17, 15) is 9.18 Å². The lowest BCUT2D eigenvalue weighted by Crippen LogP contribution is -2.05. The van der Waals surface area contributed by atoms with E-state index in [2.05, 4.69) is 27.6 Å². The first-order valence-corrected chi connectivity index (χ1v) is 9.90. The molecular weight excluding hydrogens is 484 g/mol. The molecule has 0 bridgehead atoms.